The predicted molar refractivity (Wildman–Crippen MR) is 58.6 cm³/mol. The van der Waals surface area contributed by atoms with Crippen LogP contribution in [0.25, 0.3) is 0 Å². The third-order valence-electron chi connectivity index (χ3n) is 2.61. The fraction of sp³-hybridized carbons (Fsp3) is 0.818. The van der Waals surface area contributed by atoms with Crippen LogP contribution in [0.1, 0.15) is 27.7 Å². The van der Waals surface area contributed by atoms with Gasteiger partial charge in [-0.2, -0.15) is 11.8 Å². The molecule has 1 atom stereocenters. The summed E-state index contributed by atoms with van der Waals surface area (Å²) in [7, 11) is 0. The van der Waals surface area contributed by atoms with Gasteiger partial charge in [0, 0.05) is 11.5 Å². The van der Waals surface area contributed by atoms with Gasteiger partial charge in [-0.3, -0.25) is 0 Å². The average Bonchev–Trinajstić information content (AvgIpc) is 2.04. The van der Waals surface area contributed by atoms with Crippen molar-refractivity contribution in [2.45, 2.75) is 27.7 Å². The van der Waals surface area contributed by atoms with Crippen molar-refractivity contribution in [3.8, 4) is 0 Å². The van der Waals surface area contributed by atoms with Gasteiger partial charge in [-0.15, -0.1) is 0 Å². The maximum absolute atomic E-state index is 2.52. The van der Waals surface area contributed by atoms with E-state index in [0.717, 1.165) is 17.8 Å². The van der Waals surface area contributed by atoms with Crippen molar-refractivity contribution >= 4 is 11.8 Å². The Bertz CT molecular complexity index is 168. The standard InChI is InChI=1S/C11H20S/c1-8(2)10-5-11(9(3)4)7-12-6-10/h5,8-10H,6-7H2,1-4H3. The van der Waals surface area contributed by atoms with Gasteiger partial charge in [0.25, 0.3) is 0 Å². The molecule has 70 valence electrons. The number of hydrogen-bond donors (Lipinski definition) is 0. The minimum atomic E-state index is 0.749. The summed E-state index contributed by atoms with van der Waals surface area (Å²) < 4.78 is 0. The summed E-state index contributed by atoms with van der Waals surface area (Å²) in [5.74, 6) is 4.97. The zero-order chi connectivity index (χ0) is 9.14. The van der Waals surface area contributed by atoms with E-state index in [2.05, 4.69) is 45.5 Å². The monoisotopic (exact) mass is 184 g/mol. The lowest BCUT2D eigenvalue weighted by molar-refractivity contribution is 0.501. The Morgan fingerprint density at radius 1 is 1.33 bits per heavy atom. The van der Waals surface area contributed by atoms with Gasteiger partial charge in [-0.25, -0.2) is 0 Å². The van der Waals surface area contributed by atoms with Crippen LogP contribution >= 0.6 is 11.8 Å². The van der Waals surface area contributed by atoms with Crippen LogP contribution in [0.15, 0.2) is 11.6 Å². The van der Waals surface area contributed by atoms with Gasteiger partial charge >= 0.3 is 0 Å². The highest BCUT2D eigenvalue weighted by Crippen LogP contribution is 2.29. The molecule has 0 bridgehead atoms. The summed E-state index contributed by atoms with van der Waals surface area (Å²) >= 11 is 2.10. The normalized spacial score (nSPS) is 24.8. The van der Waals surface area contributed by atoms with Crippen molar-refractivity contribution in [3.63, 3.8) is 0 Å². The first-order valence-corrected chi connectivity index (χ1v) is 6.05. The second-order valence-electron chi connectivity index (χ2n) is 4.32. The van der Waals surface area contributed by atoms with Crippen molar-refractivity contribution in [3.05, 3.63) is 11.6 Å². The fourth-order valence-electron chi connectivity index (χ4n) is 1.43. The van der Waals surface area contributed by atoms with Crippen molar-refractivity contribution in [1.82, 2.24) is 0 Å². The van der Waals surface area contributed by atoms with Crippen molar-refractivity contribution < 1.29 is 0 Å². The van der Waals surface area contributed by atoms with E-state index in [0.29, 0.717) is 0 Å². The lowest BCUT2D eigenvalue weighted by atomic mass is 9.92. The molecule has 0 N–H and O–H groups in total. The van der Waals surface area contributed by atoms with Crippen LogP contribution in [-0.2, 0) is 0 Å². The maximum atomic E-state index is 2.52. The third kappa shape index (κ3) is 2.55. The Balaban J connectivity index is 2.63. The van der Waals surface area contributed by atoms with Gasteiger partial charge in [-0.1, -0.05) is 39.3 Å². The molecule has 1 aliphatic heterocycles. The van der Waals surface area contributed by atoms with Crippen LogP contribution in [0, 0.1) is 17.8 Å². The van der Waals surface area contributed by atoms with E-state index in [1.54, 1.807) is 5.57 Å². The molecule has 0 saturated carbocycles. The number of hydrogen-bond acceptors (Lipinski definition) is 1. The minimum Gasteiger partial charge on any atom is -0.157 e. The lowest BCUT2D eigenvalue weighted by Gasteiger charge is -2.25. The molecule has 12 heavy (non-hydrogen) atoms. The molecule has 0 aromatic carbocycles. The van der Waals surface area contributed by atoms with Gasteiger partial charge in [0.05, 0.1) is 0 Å². The quantitative estimate of drug-likeness (QED) is 0.591. The molecule has 0 amide bonds. The second-order valence-corrected chi connectivity index (χ2v) is 5.35. The van der Waals surface area contributed by atoms with Crippen molar-refractivity contribution in [1.29, 1.82) is 0 Å². The molecule has 1 aliphatic rings. The van der Waals surface area contributed by atoms with Crippen LogP contribution < -0.4 is 0 Å². The molecule has 0 aromatic rings. The van der Waals surface area contributed by atoms with Crippen LogP contribution in [0.4, 0.5) is 0 Å². The van der Waals surface area contributed by atoms with E-state index >= 15 is 0 Å². The highest BCUT2D eigenvalue weighted by Gasteiger charge is 2.17. The van der Waals surface area contributed by atoms with Gasteiger partial charge in [-0.05, 0) is 17.8 Å². The van der Waals surface area contributed by atoms with E-state index in [-0.39, 0.29) is 0 Å². The lowest BCUT2D eigenvalue weighted by Crippen LogP contribution is -2.16. The van der Waals surface area contributed by atoms with Gasteiger partial charge in [0.2, 0.25) is 0 Å². The van der Waals surface area contributed by atoms with Gasteiger partial charge in [0.1, 0.15) is 0 Å². The predicted octanol–water partition coefficient (Wildman–Crippen LogP) is 3.59. The fourth-order valence-corrected chi connectivity index (χ4v) is 2.96. The van der Waals surface area contributed by atoms with Crippen LogP contribution in [0.5, 0.6) is 0 Å². The highest BCUT2D eigenvalue weighted by atomic mass is 32.2. The number of thioether (sulfide) groups is 1. The summed E-state index contributed by atoms with van der Waals surface area (Å²) in [5, 5.41) is 0. The summed E-state index contributed by atoms with van der Waals surface area (Å²) in [5.41, 5.74) is 1.66. The maximum Gasteiger partial charge on any atom is 0.0146 e. The van der Waals surface area contributed by atoms with Crippen molar-refractivity contribution in [2.24, 2.45) is 17.8 Å². The SMILES string of the molecule is CC(C)C1=CC(C(C)C)CSC1. The van der Waals surface area contributed by atoms with E-state index in [4.69, 9.17) is 0 Å². The van der Waals surface area contributed by atoms with E-state index in [9.17, 15) is 0 Å². The van der Waals surface area contributed by atoms with Crippen LogP contribution in [-0.4, -0.2) is 11.5 Å². The molecular weight excluding hydrogens is 164 g/mol. The van der Waals surface area contributed by atoms with Crippen LogP contribution in [0.2, 0.25) is 0 Å². The second kappa shape index (κ2) is 4.36. The molecule has 1 unspecified atom stereocenters. The molecule has 1 heteroatoms. The summed E-state index contributed by atoms with van der Waals surface area (Å²) in [6, 6.07) is 0. The first-order valence-electron chi connectivity index (χ1n) is 4.89. The minimum absolute atomic E-state index is 0.749. The molecule has 0 saturated heterocycles. The van der Waals surface area contributed by atoms with Gasteiger partial charge < -0.3 is 0 Å². The number of allylic oxidation sites excluding steroid dienone is 1. The smallest absolute Gasteiger partial charge is 0.0146 e. The van der Waals surface area contributed by atoms with E-state index < -0.39 is 0 Å². The molecule has 0 aromatic heterocycles. The topological polar surface area (TPSA) is 0 Å². The molecule has 1 heterocycles. The zero-order valence-corrected chi connectivity index (χ0v) is 9.45. The summed E-state index contributed by atoms with van der Waals surface area (Å²) in [6.07, 6.45) is 2.52. The first kappa shape index (κ1) is 10.2. The Morgan fingerprint density at radius 2 is 2.00 bits per heavy atom. The number of rotatable bonds is 2. The molecule has 1 rings (SSSR count). The largest absolute Gasteiger partial charge is 0.157 e. The van der Waals surface area contributed by atoms with Gasteiger partial charge in [0.15, 0.2) is 0 Å². The Kier molecular flexibility index (Phi) is 3.70. The third-order valence-corrected chi connectivity index (χ3v) is 3.76. The molecule has 0 radical (unpaired) electrons. The summed E-state index contributed by atoms with van der Waals surface area (Å²) in [4.78, 5) is 0. The average molecular weight is 184 g/mol. The van der Waals surface area contributed by atoms with E-state index in [1.165, 1.54) is 11.5 Å². The Labute approximate surface area is 80.8 Å². The molecule has 0 fully saturated rings. The molecule has 0 aliphatic carbocycles. The van der Waals surface area contributed by atoms with E-state index in [1.807, 2.05) is 0 Å². The molecule has 0 spiro atoms. The zero-order valence-electron chi connectivity index (χ0n) is 8.63. The highest BCUT2D eigenvalue weighted by molar-refractivity contribution is 7.99. The molecular formula is C11H20S. The van der Waals surface area contributed by atoms with Crippen molar-refractivity contribution in [2.75, 3.05) is 11.5 Å². The molecule has 0 nitrogen and oxygen atoms in total. The summed E-state index contributed by atoms with van der Waals surface area (Å²) in [6.45, 7) is 9.25. The first-order chi connectivity index (χ1) is 5.61. The Hall–Kier alpha value is 0.0900. The van der Waals surface area contributed by atoms with Crippen LogP contribution in [0.3, 0.4) is 0 Å². The Morgan fingerprint density at radius 3 is 2.50 bits per heavy atom.